The van der Waals surface area contributed by atoms with E-state index < -0.39 is 18.1 Å². The molecule has 3 aromatic carbocycles. The highest BCUT2D eigenvalue weighted by Crippen LogP contribution is 2.44. The maximum absolute atomic E-state index is 12.3. The summed E-state index contributed by atoms with van der Waals surface area (Å²) >= 11 is 2.24. The van der Waals surface area contributed by atoms with E-state index in [0.717, 1.165) is 37.8 Å². The van der Waals surface area contributed by atoms with Crippen LogP contribution in [0.5, 0.6) is 0 Å². The Kier molecular flexibility index (Phi) is 9.75. The normalized spacial score (nSPS) is 12.8. The van der Waals surface area contributed by atoms with E-state index in [0.29, 0.717) is 12.8 Å². The molecule has 38 heavy (non-hydrogen) atoms. The summed E-state index contributed by atoms with van der Waals surface area (Å²) in [4.78, 5) is 36.2. The molecule has 0 aliphatic heterocycles. The molecule has 1 aliphatic rings. The number of rotatable bonds is 12. The van der Waals surface area contributed by atoms with Gasteiger partial charge in [0, 0.05) is 22.5 Å². The summed E-state index contributed by atoms with van der Waals surface area (Å²) in [5.41, 5.74) is 5.75. The highest BCUT2D eigenvalue weighted by Gasteiger charge is 2.29. The third kappa shape index (κ3) is 7.34. The first kappa shape index (κ1) is 27.6. The van der Waals surface area contributed by atoms with E-state index in [1.165, 1.54) is 0 Å². The number of nitrogens with one attached hydrogen (secondary N) is 2. The lowest BCUT2D eigenvalue weighted by Crippen LogP contribution is -2.41. The van der Waals surface area contributed by atoms with Crippen LogP contribution >= 0.6 is 22.6 Å². The Labute approximate surface area is 236 Å². The number of alkyl carbamates (subject to hydrolysis) is 1. The molecular weight excluding hydrogens is 595 g/mol. The van der Waals surface area contributed by atoms with Gasteiger partial charge in [-0.15, -0.1) is 0 Å². The molecule has 0 spiro atoms. The number of aliphatic carboxylic acids is 1. The van der Waals surface area contributed by atoms with Gasteiger partial charge < -0.3 is 20.5 Å². The quantitative estimate of drug-likeness (QED) is 0.182. The molecule has 3 N–H and O–H groups in total. The average Bonchev–Trinajstić information content (AvgIpc) is 3.24. The minimum atomic E-state index is -1.09. The molecule has 3 aromatic rings. The number of ether oxygens (including phenoxy) is 1. The van der Waals surface area contributed by atoms with E-state index in [1.54, 1.807) is 0 Å². The first-order valence-electron chi connectivity index (χ1n) is 12.8. The fraction of sp³-hybridized carbons (Fsp3) is 0.300. The lowest BCUT2D eigenvalue weighted by Gasteiger charge is -2.16. The van der Waals surface area contributed by atoms with E-state index in [1.807, 2.05) is 48.5 Å². The molecule has 1 aliphatic carbocycles. The summed E-state index contributed by atoms with van der Waals surface area (Å²) in [6, 6.07) is 23.4. The molecular formula is C30H31IN2O5. The van der Waals surface area contributed by atoms with Crippen molar-refractivity contribution in [3.8, 4) is 11.1 Å². The number of benzene rings is 3. The number of carboxylic acid groups (broad SMARTS) is 1. The largest absolute Gasteiger partial charge is 0.480 e. The second-order valence-corrected chi connectivity index (χ2v) is 10.6. The van der Waals surface area contributed by atoms with Gasteiger partial charge in [-0.1, -0.05) is 60.7 Å². The molecule has 0 bridgehead atoms. The van der Waals surface area contributed by atoms with Gasteiger partial charge in [0.2, 0.25) is 5.91 Å². The Hall–Kier alpha value is -3.40. The first-order chi connectivity index (χ1) is 18.4. The van der Waals surface area contributed by atoms with Crippen molar-refractivity contribution in [2.24, 2.45) is 0 Å². The van der Waals surface area contributed by atoms with Crippen molar-refractivity contribution in [2.45, 2.75) is 44.1 Å². The number of hydrogen-bond donors (Lipinski definition) is 3. The summed E-state index contributed by atoms with van der Waals surface area (Å²) in [7, 11) is 0. The first-order valence-corrected chi connectivity index (χ1v) is 13.9. The molecule has 1 atom stereocenters. The summed E-state index contributed by atoms with van der Waals surface area (Å²) in [6.45, 7) is 0.471. The zero-order chi connectivity index (χ0) is 26.9. The minimum absolute atomic E-state index is 0.0228. The van der Waals surface area contributed by atoms with E-state index in [4.69, 9.17) is 4.74 Å². The van der Waals surface area contributed by atoms with Crippen molar-refractivity contribution in [2.75, 3.05) is 13.2 Å². The van der Waals surface area contributed by atoms with Gasteiger partial charge >= 0.3 is 12.1 Å². The molecule has 0 heterocycles. The molecule has 0 saturated heterocycles. The summed E-state index contributed by atoms with van der Waals surface area (Å²) in [6.07, 6.45) is 1.71. The number of amides is 2. The number of aryl methyl sites for hydroxylation is 1. The average molecular weight is 626 g/mol. The Bertz CT molecular complexity index is 1230. The topological polar surface area (TPSA) is 105 Å². The van der Waals surface area contributed by atoms with Crippen LogP contribution in [0.4, 0.5) is 4.79 Å². The second kappa shape index (κ2) is 13.4. The van der Waals surface area contributed by atoms with Crippen molar-refractivity contribution < 1.29 is 24.2 Å². The van der Waals surface area contributed by atoms with Crippen molar-refractivity contribution in [3.63, 3.8) is 0 Å². The van der Waals surface area contributed by atoms with E-state index in [9.17, 15) is 19.5 Å². The Balaban J connectivity index is 1.16. The zero-order valence-electron chi connectivity index (χ0n) is 21.0. The molecule has 8 heteroatoms. The van der Waals surface area contributed by atoms with Gasteiger partial charge in [-0.05, 0) is 88.2 Å². The smallest absolute Gasteiger partial charge is 0.407 e. The monoisotopic (exact) mass is 626 g/mol. The number of carboxylic acids is 1. The Morgan fingerprint density at radius 1 is 0.895 bits per heavy atom. The highest BCUT2D eigenvalue weighted by atomic mass is 127. The Morgan fingerprint density at radius 3 is 2.16 bits per heavy atom. The van der Waals surface area contributed by atoms with E-state index >= 15 is 0 Å². The Morgan fingerprint density at radius 2 is 1.53 bits per heavy atom. The maximum Gasteiger partial charge on any atom is 0.407 e. The predicted molar refractivity (Wildman–Crippen MR) is 154 cm³/mol. The standard InChI is InChI=1S/C30H31IN2O5/c31-21-16-14-20(15-17-21)7-5-13-28(34)33-27(29(35)36)12-6-18-32-30(37)38-19-26-24-10-3-1-8-22(24)23-9-2-4-11-25(23)26/h1-4,8-11,14-17,26-27H,5-7,12-13,18-19H2,(H,32,37)(H,33,34)(H,35,36)/t27-/m1/s1. The molecule has 0 radical (unpaired) electrons. The van der Waals surface area contributed by atoms with Crippen LogP contribution in [0.25, 0.3) is 11.1 Å². The molecule has 0 unspecified atom stereocenters. The van der Waals surface area contributed by atoms with Gasteiger partial charge in [0.05, 0.1) is 0 Å². The molecule has 198 valence electrons. The number of halogens is 1. The van der Waals surface area contributed by atoms with Crippen molar-refractivity contribution >= 4 is 40.6 Å². The number of hydrogen-bond acceptors (Lipinski definition) is 4. The maximum atomic E-state index is 12.3. The van der Waals surface area contributed by atoms with E-state index in [-0.39, 0.29) is 37.8 Å². The molecule has 4 rings (SSSR count). The van der Waals surface area contributed by atoms with Crippen LogP contribution in [-0.4, -0.2) is 42.3 Å². The fourth-order valence-electron chi connectivity index (χ4n) is 4.77. The van der Waals surface area contributed by atoms with Crippen LogP contribution in [0.15, 0.2) is 72.8 Å². The van der Waals surface area contributed by atoms with Gasteiger partial charge in [0.1, 0.15) is 12.6 Å². The van der Waals surface area contributed by atoms with Gasteiger partial charge in [0.15, 0.2) is 0 Å². The molecule has 0 saturated carbocycles. The van der Waals surface area contributed by atoms with Crippen LogP contribution in [0, 0.1) is 3.57 Å². The lowest BCUT2D eigenvalue weighted by atomic mass is 9.98. The zero-order valence-corrected chi connectivity index (χ0v) is 23.1. The summed E-state index contributed by atoms with van der Waals surface area (Å²) in [5.74, 6) is -1.39. The second-order valence-electron chi connectivity index (χ2n) is 9.33. The third-order valence-electron chi connectivity index (χ3n) is 6.70. The lowest BCUT2D eigenvalue weighted by molar-refractivity contribution is -0.142. The van der Waals surface area contributed by atoms with Crippen LogP contribution in [-0.2, 0) is 20.7 Å². The van der Waals surface area contributed by atoms with Gasteiger partial charge in [-0.2, -0.15) is 0 Å². The molecule has 7 nitrogen and oxygen atoms in total. The molecule has 2 amide bonds. The van der Waals surface area contributed by atoms with E-state index in [2.05, 4.69) is 57.5 Å². The van der Waals surface area contributed by atoms with Crippen molar-refractivity contribution in [3.05, 3.63) is 93.1 Å². The van der Waals surface area contributed by atoms with Gasteiger partial charge in [-0.25, -0.2) is 9.59 Å². The fourth-order valence-corrected chi connectivity index (χ4v) is 5.13. The van der Waals surface area contributed by atoms with Crippen LogP contribution in [0.2, 0.25) is 0 Å². The van der Waals surface area contributed by atoms with Gasteiger partial charge in [0.25, 0.3) is 0 Å². The van der Waals surface area contributed by atoms with Gasteiger partial charge in [-0.3, -0.25) is 4.79 Å². The highest BCUT2D eigenvalue weighted by molar-refractivity contribution is 14.1. The van der Waals surface area contributed by atoms with Crippen molar-refractivity contribution in [1.82, 2.24) is 10.6 Å². The predicted octanol–water partition coefficient (Wildman–Crippen LogP) is 5.50. The summed E-state index contributed by atoms with van der Waals surface area (Å²) < 4.78 is 6.66. The number of fused-ring (bicyclic) bond motifs is 3. The molecule has 0 fully saturated rings. The minimum Gasteiger partial charge on any atom is -0.480 e. The summed E-state index contributed by atoms with van der Waals surface area (Å²) in [5, 5.41) is 14.8. The third-order valence-corrected chi connectivity index (χ3v) is 7.42. The van der Waals surface area contributed by atoms with Crippen LogP contribution < -0.4 is 10.6 Å². The molecule has 0 aromatic heterocycles. The van der Waals surface area contributed by atoms with Crippen LogP contribution in [0.3, 0.4) is 0 Å². The SMILES string of the molecule is O=C(CCCc1ccc(I)cc1)N[C@H](CCCNC(=O)OCC1c2ccccc2-c2ccccc21)C(=O)O. The number of carbonyl (C=O) groups is 3. The number of carbonyl (C=O) groups excluding carboxylic acids is 2. The van der Waals surface area contributed by atoms with Crippen LogP contribution in [0.1, 0.15) is 48.3 Å². The van der Waals surface area contributed by atoms with Crippen molar-refractivity contribution in [1.29, 1.82) is 0 Å².